The molecule has 8 nitrogen and oxygen atoms in total. The zero-order valence-corrected chi connectivity index (χ0v) is 20.8. The molecule has 2 amide bonds. The van der Waals surface area contributed by atoms with Crippen LogP contribution in [0.2, 0.25) is 10.0 Å². The number of methoxy groups -OCH3 is 1. The first-order chi connectivity index (χ1) is 17.9. The summed E-state index contributed by atoms with van der Waals surface area (Å²) in [5.41, 5.74) is 3.10. The van der Waals surface area contributed by atoms with Gasteiger partial charge in [0, 0.05) is 22.3 Å². The smallest absolute Gasteiger partial charge is 0.345 e. The number of ether oxygens (including phenoxy) is 2. The minimum absolute atomic E-state index is 0.129. The SMILES string of the molecule is COc1cccc(NC(=O)C(=O)N/N=C/c2c(OC(=O)c3ccc(Cl)cc3Cl)ccc3ccccc23)c1. The lowest BCUT2D eigenvalue weighted by atomic mass is 10.0. The number of hydrazone groups is 1. The van der Waals surface area contributed by atoms with E-state index in [1.807, 2.05) is 18.2 Å². The number of hydrogen-bond donors (Lipinski definition) is 2. The van der Waals surface area contributed by atoms with Crippen LogP contribution in [0.4, 0.5) is 5.69 Å². The molecule has 4 aromatic rings. The molecular formula is C27H19Cl2N3O5. The van der Waals surface area contributed by atoms with Crippen molar-refractivity contribution in [3.05, 3.63) is 100 Å². The number of benzene rings is 4. The average molecular weight is 536 g/mol. The zero-order valence-electron chi connectivity index (χ0n) is 19.3. The summed E-state index contributed by atoms with van der Waals surface area (Å²) in [5, 5.41) is 8.44. The van der Waals surface area contributed by atoms with Gasteiger partial charge in [-0.3, -0.25) is 9.59 Å². The van der Waals surface area contributed by atoms with Gasteiger partial charge in [-0.15, -0.1) is 0 Å². The van der Waals surface area contributed by atoms with Crippen LogP contribution >= 0.6 is 23.2 Å². The largest absolute Gasteiger partial charge is 0.497 e. The van der Waals surface area contributed by atoms with E-state index in [9.17, 15) is 14.4 Å². The number of amides is 2. The van der Waals surface area contributed by atoms with Gasteiger partial charge in [-0.25, -0.2) is 10.2 Å². The van der Waals surface area contributed by atoms with E-state index in [-0.39, 0.29) is 16.3 Å². The number of rotatable bonds is 6. The van der Waals surface area contributed by atoms with Crippen molar-refractivity contribution in [2.24, 2.45) is 5.10 Å². The highest BCUT2D eigenvalue weighted by Crippen LogP contribution is 2.29. The summed E-state index contributed by atoms with van der Waals surface area (Å²) in [4.78, 5) is 37.4. The van der Waals surface area contributed by atoms with Gasteiger partial charge in [-0.05, 0) is 47.2 Å². The zero-order chi connectivity index (χ0) is 26.4. The maximum atomic E-state index is 12.8. The van der Waals surface area contributed by atoms with Crippen LogP contribution in [0.3, 0.4) is 0 Å². The standard InChI is InChI=1S/C27H19Cl2N3O5/c1-36-19-7-4-6-18(14-19)31-25(33)26(34)32-30-15-22-20-8-3-2-5-16(20)9-12-24(22)37-27(35)21-11-10-17(28)13-23(21)29/h2-15H,1H3,(H,31,33)(H,32,34)/b30-15+. The van der Waals surface area contributed by atoms with Crippen LogP contribution in [0, 0.1) is 0 Å². The lowest BCUT2D eigenvalue weighted by Gasteiger charge is -2.11. The summed E-state index contributed by atoms with van der Waals surface area (Å²) < 4.78 is 10.7. The van der Waals surface area contributed by atoms with E-state index in [4.69, 9.17) is 32.7 Å². The third-order valence-corrected chi connectivity index (χ3v) is 5.73. The Bertz CT molecular complexity index is 1540. The van der Waals surface area contributed by atoms with Crippen LogP contribution in [0.1, 0.15) is 15.9 Å². The number of nitrogens with one attached hydrogen (secondary N) is 2. The fourth-order valence-electron chi connectivity index (χ4n) is 3.40. The van der Waals surface area contributed by atoms with Crippen LogP contribution in [0.5, 0.6) is 11.5 Å². The minimum Gasteiger partial charge on any atom is -0.497 e. The van der Waals surface area contributed by atoms with Gasteiger partial charge in [-0.1, -0.05) is 59.6 Å². The van der Waals surface area contributed by atoms with E-state index >= 15 is 0 Å². The van der Waals surface area contributed by atoms with Crippen molar-refractivity contribution in [1.82, 2.24) is 5.43 Å². The molecule has 4 aromatic carbocycles. The van der Waals surface area contributed by atoms with Crippen LogP contribution < -0.4 is 20.2 Å². The Kier molecular flexibility index (Phi) is 8.02. The Morgan fingerprint density at radius 1 is 0.892 bits per heavy atom. The van der Waals surface area contributed by atoms with Gasteiger partial charge in [-0.2, -0.15) is 5.10 Å². The molecule has 186 valence electrons. The molecule has 0 aromatic heterocycles. The second-order valence-corrected chi connectivity index (χ2v) is 8.44. The molecule has 0 saturated heterocycles. The summed E-state index contributed by atoms with van der Waals surface area (Å²) in [6.07, 6.45) is 1.30. The van der Waals surface area contributed by atoms with E-state index in [0.29, 0.717) is 27.4 Å². The highest BCUT2D eigenvalue weighted by atomic mass is 35.5. The molecule has 0 fully saturated rings. The van der Waals surface area contributed by atoms with Crippen molar-refractivity contribution in [3.8, 4) is 11.5 Å². The maximum Gasteiger partial charge on any atom is 0.345 e. The van der Waals surface area contributed by atoms with E-state index in [2.05, 4.69) is 15.8 Å². The fraction of sp³-hybridized carbons (Fsp3) is 0.0370. The van der Waals surface area contributed by atoms with Crippen LogP contribution in [-0.2, 0) is 9.59 Å². The molecule has 4 rings (SSSR count). The van der Waals surface area contributed by atoms with Crippen molar-refractivity contribution >= 4 is 63.7 Å². The third-order valence-electron chi connectivity index (χ3n) is 5.18. The van der Waals surface area contributed by atoms with Crippen molar-refractivity contribution in [2.45, 2.75) is 0 Å². The fourth-order valence-corrected chi connectivity index (χ4v) is 3.89. The van der Waals surface area contributed by atoms with E-state index in [1.165, 1.54) is 31.5 Å². The molecule has 0 aliphatic carbocycles. The number of nitrogens with zero attached hydrogens (tertiary/aromatic N) is 1. The first-order valence-corrected chi connectivity index (χ1v) is 11.6. The van der Waals surface area contributed by atoms with Crippen molar-refractivity contribution in [1.29, 1.82) is 0 Å². The van der Waals surface area contributed by atoms with Gasteiger partial charge in [0.25, 0.3) is 0 Å². The number of fused-ring (bicyclic) bond motifs is 1. The van der Waals surface area contributed by atoms with Crippen LogP contribution in [0.25, 0.3) is 10.8 Å². The lowest BCUT2D eigenvalue weighted by molar-refractivity contribution is -0.136. The molecular weight excluding hydrogens is 517 g/mol. The summed E-state index contributed by atoms with van der Waals surface area (Å²) in [6.45, 7) is 0. The maximum absolute atomic E-state index is 12.8. The van der Waals surface area contributed by atoms with E-state index in [0.717, 1.165) is 5.39 Å². The van der Waals surface area contributed by atoms with Crippen LogP contribution in [0.15, 0.2) is 84.0 Å². The predicted molar refractivity (Wildman–Crippen MR) is 143 cm³/mol. The Labute approximate surface area is 221 Å². The van der Waals surface area contributed by atoms with Gasteiger partial charge in [0.1, 0.15) is 11.5 Å². The topological polar surface area (TPSA) is 106 Å². The molecule has 10 heteroatoms. The summed E-state index contributed by atoms with van der Waals surface area (Å²) >= 11 is 12.1. The highest BCUT2D eigenvalue weighted by molar-refractivity contribution is 6.39. The van der Waals surface area contributed by atoms with Crippen molar-refractivity contribution < 1.29 is 23.9 Å². The molecule has 0 atom stereocenters. The number of esters is 1. The number of halogens is 2. The normalized spacial score (nSPS) is 10.8. The molecule has 0 saturated carbocycles. The predicted octanol–water partition coefficient (Wildman–Crippen LogP) is 5.46. The number of anilines is 1. The van der Waals surface area contributed by atoms with Crippen molar-refractivity contribution in [3.63, 3.8) is 0 Å². The highest BCUT2D eigenvalue weighted by Gasteiger charge is 2.17. The molecule has 37 heavy (non-hydrogen) atoms. The quantitative estimate of drug-likeness (QED) is 0.112. The minimum atomic E-state index is -0.995. The number of hydrogen-bond acceptors (Lipinski definition) is 6. The van der Waals surface area contributed by atoms with Gasteiger partial charge < -0.3 is 14.8 Å². The number of carbonyl (C=O) groups is 3. The Morgan fingerprint density at radius 2 is 1.70 bits per heavy atom. The second kappa shape index (κ2) is 11.6. The van der Waals surface area contributed by atoms with Gasteiger partial charge in [0.05, 0.1) is 23.9 Å². The summed E-state index contributed by atoms with van der Waals surface area (Å²) in [6, 6.07) is 21.7. The van der Waals surface area contributed by atoms with Gasteiger partial charge in [0.15, 0.2) is 0 Å². The van der Waals surface area contributed by atoms with Crippen LogP contribution in [-0.4, -0.2) is 31.1 Å². The molecule has 0 aliphatic heterocycles. The Morgan fingerprint density at radius 3 is 2.49 bits per heavy atom. The molecule has 0 unspecified atom stereocenters. The number of carbonyl (C=O) groups excluding carboxylic acids is 3. The Balaban J connectivity index is 1.54. The van der Waals surface area contributed by atoms with E-state index < -0.39 is 17.8 Å². The molecule has 0 radical (unpaired) electrons. The molecule has 2 N–H and O–H groups in total. The van der Waals surface area contributed by atoms with Crippen molar-refractivity contribution in [2.75, 3.05) is 12.4 Å². The summed E-state index contributed by atoms with van der Waals surface area (Å²) in [7, 11) is 1.49. The molecule has 0 heterocycles. The lowest BCUT2D eigenvalue weighted by Crippen LogP contribution is -2.32. The first kappa shape index (κ1) is 25.7. The third kappa shape index (κ3) is 6.24. The van der Waals surface area contributed by atoms with E-state index in [1.54, 1.807) is 42.5 Å². The second-order valence-electron chi connectivity index (χ2n) is 7.60. The Hall–Kier alpha value is -4.40. The first-order valence-electron chi connectivity index (χ1n) is 10.8. The molecule has 0 aliphatic rings. The summed E-state index contributed by atoms with van der Waals surface area (Å²) in [5.74, 6) is -1.92. The molecule has 0 bridgehead atoms. The average Bonchev–Trinajstić information content (AvgIpc) is 2.89. The van der Waals surface area contributed by atoms with Gasteiger partial charge >= 0.3 is 17.8 Å². The molecule has 0 spiro atoms. The monoisotopic (exact) mass is 535 g/mol. The van der Waals surface area contributed by atoms with Gasteiger partial charge in [0.2, 0.25) is 0 Å².